The Kier molecular flexibility index (Phi) is 5.89. The summed E-state index contributed by atoms with van der Waals surface area (Å²) in [4.78, 5) is 31.3. The lowest BCUT2D eigenvalue weighted by molar-refractivity contribution is 0.0772. The molecule has 0 aliphatic heterocycles. The molecule has 0 atom stereocenters. The number of anilines is 1. The van der Waals surface area contributed by atoms with Gasteiger partial charge < -0.3 is 14.6 Å². The van der Waals surface area contributed by atoms with Crippen molar-refractivity contribution in [1.29, 1.82) is 0 Å². The topological polar surface area (TPSA) is 75.4 Å². The molecule has 6 heteroatoms. The lowest BCUT2D eigenvalue weighted by Gasteiger charge is -2.18. The molecule has 144 valence electrons. The minimum absolute atomic E-state index is 0.0647. The van der Waals surface area contributed by atoms with Crippen LogP contribution >= 0.6 is 0 Å². The van der Waals surface area contributed by atoms with E-state index in [4.69, 9.17) is 4.42 Å². The van der Waals surface area contributed by atoms with Crippen molar-refractivity contribution in [2.24, 2.45) is 0 Å². The largest absolute Gasteiger partial charge is 0.441 e. The Hall–Kier alpha value is -3.41. The molecular weight excluding hydrogens is 354 g/mol. The fourth-order valence-corrected chi connectivity index (χ4v) is 2.92. The van der Waals surface area contributed by atoms with Crippen molar-refractivity contribution in [3.05, 3.63) is 71.6 Å². The second-order valence-corrected chi connectivity index (χ2v) is 6.30. The summed E-state index contributed by atoms with van der Waals surface area (Å²) in [6.45, 7) is 6.84. The molecule has 0 saturated carbocycles. The Morgan fingerprint density at radius 2 is 1.75 bits per heavy atom. The molecular formula is C22H23N3O3. The van der Waals surface area contributed by atoms with Crippen LogP contribution in [0.25, 0.3) is 11.5 Å². The van der Waals surface area contributed by atoms with Gasteiger partial charge in [-0.25, -0.2) is 4.98 Å². The van der Waals surface area contributed by atoms with Crippen molar-refractivity contribution >= 4 is 17.5 Å². The monoisotopic (exact) mass is 377 g/mol. The van der Waals surface area contributed by atoms with E-state index in [1.807, 2.05) is 44.2 Å². The number of benzene rings is 2. The summed E-state index contributed by atoms with van der Waals surface area (Å²) in [5.74, 6) is 0.390. The van der Waals surface area contributed by atoms with E-state index in [0.29, 0.717) is 36.0 Å². The number of rotatable bonds is 6. The van der Waals surface area contributed by atoms with Crippen LogP contribution in [0.3, 0.4) is 0 Å². The molecule has 0 unspecified atom stereocenters. The summed E-state index contributed by atoms with van der Waals surface area (Å²) < 4.78 is 5.65. The van der Waals surface area contributed by atoms with E-state index in [0.717, 1.165) is 5.56 Å². The van der Waals surface area contributed by atoms with Crippen molar-refractivity contribution in [3.63, 3.8) is 0 Å². The van der Waals surface area contributed by atoms with Gasteiger partial charge in [0, 0.05) is 29.9 Å². The number of hydrogen-bond donors (Lipinski definition) is 1. The van der Waals surface area contributed by atoms with Crippen molar-refractivity contribution in [2.75, 3.05) is 18.4 Å². The Bertz CT molecular complexity index is 976. The predicted molar refractivity (Wildman–Crippen MR) is 108 cm³/mol. The molecule has 28 heavy (non-hydrogen) atoms. The average molecular weight is 377 g/mol. The number of carbonyl (C=O) groups is 2. The van der Waals surface area contributed by atoms with Crippen LogP contribution in [0.5, 0.6) is 0 Å². The third-order valence-electron chi connectivity index (χ3n) is 4.45. The van der Waals surface area contributed by atoms with Gasteiger partial charge in [0.2, 0.25) is 5.89 Å². The standard InChI is InChI=1S/C22H23N3O3/c1-4-25(5-2)22(27)17-12-9-13-18(14-17)23-20(26)19-15(3)28-21(24-19)16-10-7-6-8-11-16/h6-14H,4-5H2,1-3H3,(H,23,26). The summed E-state index contributed by atoms with van der Waals surface area (Å²) in [5, 5.41) is 2.80. The first-order chi connectivity index (χ1) is 13.5. The van der Waals surface area contributed by atoms with Gasteiger partial charge in [-0.2, -0.15) is 0 Å². The molecule has 3 rings (SSSR count). The zero-order valence-electron chi connectivity index (χ0n) is 16.2. The fraction of sp³-hybridized carbons (Fsp3) is 0.227. The molecule has 1 aromatic heterocycles. The molecule has 0 saturated heterocycles. The Morgan fingerprint density at radius 3 is 2.43 bits per heavy atom. The maximum absolute atomic E-state index is 12.7. The minimum Gasteiger partial charge on any atom is -0.441 e. The SMILES string of the molecule is CCN(CC)C(=O)c1cccc(NC(=O)c2nc(-c3ccccc3)oc2C)c1. The van der Waals surface area contributed by atoms with E-state index in [1.54, 1.807) is 36.1 Å². The zero-order chi connectivity index (χ0) is 20.1. The molecule has 1 N–H and O–H groups in total. The Labute approximate surface area is 164 Å². The Morgan fingerprint density at radius 1 is 1.04 bits per heavy atom. The van der Waals surface area contributed by atoms with Crippen molar-refractivity contribution in [2.45, 2.75) is 20.8 Å². The molecule has 6 nitrogen and oxygen atoms in total. The van der Waals surface area contributed by atoms with E-state index in [9.17, 15) is 9.59 Å². The zero-order valence-corrected chi connectivity index (χ0v) is 16.2. The second kappa shape index (κ2) is 8.52. The second-order valence-electron chi connectivity index (χ2n) is 6.30. The van der Waals surface area contributed by atoms with Crippen LogP contribution in [0.15, 0.2) is 59.0 Å². The van der Waals surface area contributed by atoms with E-state index in [1.165, 1.54) is 0 Å². The molecule has 0 spiro atoms. The fourth-order valence-electron chi connectivity index (χ4n) is 2.92. The van der Waals surface area contributed by atoms with Crippen LogP contribution in [-0.2, 0) is 0 Å². The highest BCUT2D eigenvalue weighted by Gasteiger charge is 2.19. The maximum Gasteiger partial charge on any atom is 0.277 e. The molecule has 0 aliphatic rings. The molecule has 0 radical (unpaired) electrons. The van der Waals surface area contributed by atoms with Crippen molar-refractivity contribution in [1.82, 2.24) is 9.88 Å². The summed E-state index contributed by atoms with van der Waals surface area (Å²) in [7, 11) is 0. The van der Waals surface area contributed by atoms with Gasteiger partial charge in [-0.15, -0.1) is 0 Å². The van der Waals surface area contributed by atoms with Crippen LogP contribution in [0.1, 0.15) is 40.5 Å². The highest BCUT2D eigenvalue weighted by atomic mass is 16.4. The average Bonchev–Trinajstić information content (AvgIpc) is 3.11. The van der Waals surface area contributed by atoms with Crippen LogP contribution < -0.4 is 5.32 Å². The van der Waals surface area contributed by atoms with E-state index in [2.05, 4.69) is 10.3 Å². The predicted octanol–water partition coefficient (Wildman–Crippen LogP) is 4.38. The number of carbonyl (C=O) groups excluding carboxylic acids is 2. The van der Waals surface area contributed by atoms with Crippen molar-refractivity contribution in [3.8, 4) is 11.5 Å². The number of amides is 2. The van der Waals surface area contributed by atoms with E-state index >= 15 is 0 Å². The van der Waals surface area contributed by atoms with Gasteiger partial charge >= 0.3 is 0 Å². The van der Waals surface area contributed by atoms with Gasteiger partial charge in [-0.05, 0) is 51.1 Å². The minimum atomic E-state index is -0.379. The molecule has 1 heterocycles. The quantitative estimate of drug-likeness (QED) is 0.691. The first-order valence-electron chi connectivity index (χ1n) is 9.27. The highest BCUT2D eigenvalue weighted by molar-refractivity contribution is 6.04. The number of nitrogens with zero attached hydrogens (tertiary/aromatic N) is 2. The van der Waals surface area contributed by atoms with Crippen LogP contribution in [0, 0.1) is 6.92 Å². The number of hydrogen-bond acceptors (Lipinski definition) is 4. The molecule has 0 fully saturated rings. The smallest absolute Gasteiger partial charge is 0.277 e. The molecule has 0 bridgehead atoms. The van der Waals surface area contributed by atoms with Gasteiger partial charge in [-0.3, -0.25) is 9.59 Å². The summed E-state index contributed by atoms with van der Waals surface area (Å²) in [5.41, 5.74) is 2.09. The number of oxazole rings is 1. The number of aryl methyl sites for hydroxylation is 1. The number of nitrogens with one attached hydrogen (secondary N) is 1. The summed E-state index contributed by atoms with van der Waals surface area (Å²) >= 11 is 0. The normalized spacial score (nSPS) is 10.5. The first kappa shape index (κ1) is 19.4. The third kappa shape index (κ3) is 4.11. The maximum atomic E-state index is 12.7. The van der Waals surface area contributed by atoms with Crippen LogP contribution in [0.4, 0.5) is 5.69 Å². The van der Waals surface area contributed by atoms with Gasteiger partial charge in [0.1, 0.15) is 5.76 Å². The van der Waals surface area contributed by atoms with Gasteiger partial charge in [0.05, 0.1) is 0 Å². The first-order valence-corrected chi connectivity index (χ1v) is 9.27. The number of aromatic nitrogens is 1. The van der Waals surface area contributed by atoms with Crippen LogP contribution in [0.2, 0.25) is 0 Å². The lowest BCUT2D eigenvalue weighted by atomic mass is 10.1. The highest BCUT2D eigenvalue weighted by Crippen LogP contribution is 2.22. The van der Waals surface area contributed by atoms with Gasteiger partial charge in [-0.1, -0.05) is 24.3 Å². The summed E-state index contributed by atoms with van der Waals surface area (Å²) in [6.07, 6.45) is 0. The third-order valence-corrected chi connectivity index (χ3v) is 4.45. The molecule has 3 aromatic rings. The van der Waals surface area contributed by atoms with E-state index < -0.39 is 0 Å². The van der Waals surface area contributed by atoms with Crippen LogP contribution in [-0.4, -0.2) is 34.8 Å². The van der Waals surface area contributed by atoms with Gasteiger partial charge in [0.25, 0.3) is 11.8 Å². The van der Waals surface area contributed by atoms with Crippen molar-refractivity contribution < 1.29 is 14.0 Å². The lowest BCUT2D eigenvalue weighted by Crippen LogP contribution is -2.30. The van der Waals surface area contributed by atoms with E-state index in [-0.39, 0.29) is 17.5 Å². The summed E-state index contributed by atoms with van der Waals surface area (Å²) in [6, 6.07) is 16.3. The Balaban J connectivity index is 1.80. The van der Waals surface area contributed by atoms with Gasteiger partial charge in [0.15, 0.2) is 5.69 Å². The molecule has 2 amide bonds. The molecule has 0 aliphatic carbocycles. The molecule has 2 aromatic carbocycles.